The van der Waals surface area contributed by atoms with Gasteiger partial charge in [0, 0.05) is 24.5 Å². The molecule has 1 atom stereocenters. The molecule has 1 aliphatic rings. The van der Waals surface area contributed by atoms with Crippen molar-refractivity contribution in [3.8, 4) is 0 Å². The molecule has 1 aromatic heterocycles. The molecule has 0 aliphatic carbocycles. The quantitative estimate of drug-likeness (QED) is 0.753. The number of rotatable bonds is 3. The molecule has 0 saturated carbocycles. The maximum absolute atomic E-state index is 14.5. The van der Waals surface area contributed by atoms with Crippen LogP contribution >= 0.6 is 11.6 Å². The van der Waals surface area contributed by atoms with Crippen molar-refractivity contribution < 1.29 is 22.0 Å². The van der Waals surface area contributed by atoms with Crippen molar-refractivity contribution in [1.82, 2.24) is 9.29 Å². The highest BCUT2D eigenvalue weighted by Crippen LogP contribution is 2.34. The Labute approximate surface area is 170 Å². The molecule has 2 heterocycles. The van der Waals surface area contributed by atoms with E-state index in [1.807, 2.05) is 0 Å². The summed E-state index contributed by atoms with van der Waals surface area (Å²) in [6, 6.07) is 4.43. The molecule has 3 N–H and O–H groups in total. The minimum absolute atomic E-state index is 0.0231. The Balaban J connectivity index is 1.98. The van der Waals surface area contributed by atoms with Crippen molar-refractivity contribution in [1.29, 1.82) is 0 Å². The molecule has 29 heavy (non-hydrogen) atoms. The first-order valence-corrected chi connectivity index (χ1v) is 10.2. The summed E-state index contributed by atoms with van der Waals surface area (Å²) in [5.74, 6) is -3.37. The molecule has 1 aliphatic heterocycles. The second-order valence-electron chi connectivity index (χ2n) is 6.60. The summed E-state index contributed by atoms with van der Waals surface area (Å²) in [6.45, 7) is 1.41. The monoisotopic (exact) mass is 443 g/mol. The number of anilines is 1. The van der Waals surface area contributed by atoms with Crippen LogP contribution in [0.4, 0.5) is 14.5 Å². The van der Waals surface area contributed by atoms with Gasteiger partial charge in [-0.1, -0.05) is 11.6 Å². The molecule has 154 valence electrons. The predicted octanol–water partition coefficient (Wildman–Crippen LogP) is 2.07. The number of nitrogens with zero attached hydrogens (tertiary/aromatic N) is 3. The molecule has 0 radical (unpaired) electrons. The van der Waals surface area contributed by atoms with E-state index in [0.717, 1.165) is 22.6 Å². The van der Waals surface area contributed by atoms with E-state index in [1.54, 1.807) is 0 Å². The molecule has 0 spiro atoms. The van der Waals surface area contributed by atoms with E-state index in [9.17, 15) is 22.0 Å². The molecular formula is C17H16ClF2N5O3S. The zero-order chi connectivity index (χ0) is 21.6. The van der Waals surface area contributed by atoms with E-state index in [0.29, 0.717) is 0 Å². The first kappa shape index (κ1) is 20.9. The van der Waals surface area contributed by atoms with Gasteiger partial charge in [-0.15, -0.1) is 0 Å². The highest BCUT2D eigenvalue weighted by atomic mass is 35.5. The van der Waals surface area contributed by atoms with Gasteiger partial charge in [0.15, 0.2) is 11.5 Å². The first-order valence-electron chi connectivity index (χ1n) is 8.17. The van der Waals surface area contributed by atoms with Crippen molar-refractivity contribution in [2.45, 2.75) is 12.5 Å². The number of aliphatic imine (C=N–C) groups is 1. The molecule has 1 aromatic carbocycles. The Hall–Kier alpha value is -2.79. The van der Waals surface area contributed by atoms with Crippen LogP contribution in [-0.2, 0) is 15.6 Å². The minimum Gasteiger partial charge on any atom is -0.369 e. The third-order valence-corrected chi connectivity index (χ3v) is 6.55. The fourth-order valence-corrected chi connectivity index (χ4v) is 4.47. The second kappa shape index (κ2) is 7.23. The summed E-state index contributed by atoms with van der Waals surface area (Å²) in [4.78, 5) is 20.1. The Bertz CT molecular complexity index is 1140. The summed E-state index contributed by atoms with van der Waals surface area (Å²) in [5, 5.41) is 2.42. The van der Waals surface area contributed by atoms with Gasteiger partial charge in [0.25, 0.3) is 5.91 Å². The zero-order valence-electron chi connectivity index (χ0n) is 15.3. The highest BCUT2D eigenvalue weighted by Gasteiger charge is 2.41. The number of pyridine rings is 1. The lowest BCUT2D eigenvalue weighted by Crippen LogP contribution is -2.50. The molecule has 8 nitrogen and oxygen atoms in total. The number of carbonyl (C=O) groups excluding carboxylic acids is 1. The number of halogens is 3. The second-order valence-corrected chi connectivity index (χ2v) is 9.04. The van der Waals surface area contributed by atoms with E-state index >= 15 is 0 Å². The number of hydrogen-bond acceptors (Lipinski definition) is 6. The smallest absolute Gasteiger partial charge is 0.277 e. The minimum atomic E-state index is -3.82. The Morgan fingerprint density at radius 1 is 1.31 bits per heavy atom. The zero-order valence-corrected chi connectivity index (χ0v) is 16.9. The van der Waals surface area contributed by atoms with Gasteiger partial charge in [0.2, 0.25) is 16.0 Å². The van der Waals surface area contributed by atoms with Gasteiger partial charge in [-0.3, -0.25) is 4.79 Å². The number of guanidine groups is 1. The summed E-state index contributed by atoms with van der Waals surface area (Å²) in [7, 11) is -2.58. The molecule has 3 rings (SSSR count). The van der Waals surface area contributed by atoms with Crippen LogP contribution in [0.3, 0.4) is 0 Å². The topological polar surface area (TPSA) is 118 Å². The molecule has 12 heteroatoms. The fraction of sp³-hybridized carbons (Fsp3) is 0.235. The van der Waals surface area contributed by atoms with Crippen molar-refractivity contribution in [3.05, 3.63) is 58.4 Å². The van der Waals surface area contributed by atoms with E-state index in [4.69, 9.17) is 17.3 Å². The molecule has 0 fully saturated rings. The number of amides is 1. The molecule has 0 bridgehead atoms. The van der Waals surface area contributed by atoms with Crippen molar-refractivity contribution in [2.24, 2.45) is 10.7 Å². The Morgan fingerprint density at radius 3 is 2.62 bits per heavy atom. The SMILES string of the molecule is CN1C(N)=N[C@](C)(c2cc(NC(=O)c3ncc(Cl)cc3F)ccc2F)CS1(=O)=O. The van der Waals surface area contributed by atoms with Crippen molar-refractivity contribution in [2.75, 3.05) is 18.1 Å². The number of nitrogens with two attached hydrogens (primary N) is 1. The molecule has 2 aromatic rings. The Kier molecular flexibility index (Phi) is 5.22. The molecule has 0 saturated heterocycles. The van der Waals surface area contributed by atoms with Gasteiger partial charge in [-0.25, -0.2) is 31.5 Å². The lowest BCUT2D eigenvalue weighted by atomic mass is 9.93. The van der Waals surface area contributed by atoms with Gasteiger partial charge in [-0.05, 0) is 31.2 Å². The van der Waals surface area contributed by atoms with Gasteiger partial charge in [0.05, 0.1) is 10.8 Å². The van der Waals surface area contributed by atoms with E-state index in [-0.39, 0.29) is 22.2 Å². The maximum Gasteiger partial charge on any atom is 0.277 e. The van der Waals surface area contributed by atoms with Crippen LogP contribution in [0.15, 0.2) is 35.5 Å². The van der Waals surface area contributed by atoms with Gasteiger partial charge < -0.3 is 11.1 Å². The van der Waals surface area contributed by atoms with Crippen molar-refractivity contribution in [3.63, 3.8) is 0 Å². The average Bonchev–Trinajstić information content (AvgIpc) is 2.60. The number of benzene rings is 1. The lowest BCUT2D eigenvalue weighted by Gasteiger charge is -2.34. The molecular weight excluding hydrogens is 428 g/mol. The van der Waals surface area contributed by atoms with Crippen LogP contribution < -0.4 is 11.1 Å². The van der Waals surface area contributed by atoms with Gasteiger partial charge in [0.1, 0.15) is 11.4 Å². The van der Waals surface area contributed by atoms with Crippen LogP contribution in [0.1, 0.15) is 23.0 Å². The van der Waals surface area contributed by atoms with E-state index < -0.39 is 44.6 Å². The summed E-state index contributed by atoms with van der Waals surface area (Å²) < 4.78 is 53.9. The van der Waals surface area contributed by atoms with E-state index in [2.05, 4.69) is 15.3 Å². The maximum atomic E-state index is 14.5. The summed E-state index contributed by atoms with van der Waals surface area (Å²) >= 11 is 5.62. The third-order valence-electron chi connectivity index (χ3n) is 4.39. The van der Waals surface area contributed by atoms with Crippen molar-refractivity contribution >= 4 is 39.2 Å². The normalized spacial score (nSPS) is 20.9. The average molecular weight is 444 g/mol. The summed E-state index contributed by atoms with van der Waals surface area (Å²) in [5.41, 5.74) is 3.65. The Morgan fingerprint density at radius 2 is 2.00 bits per heavy atom. The van der Waals surface area contributed by atoms with Crippen LogP contribution in [0.2, 0.25) is 5.02 Å². The third kappa shape index (κ3) is 4.01. The number of aromatic nitrogens is 1. The van der Waals surface area contributed by atoms with Gasteiger partial charge >= 0.3 is 0 Å². The standard InChI is InChI=1S/C17H16ClF2N5O3S/c1-17(8-29(27,28)25(2)16(21)24-17)11-6-10(3-4-12(11)19)23-15(26)14-13(20)5-9(18)7-22-14/h3-7H,8H2,1-2H3,(H2,21,24)(H,23,26)/t17-/m0/s1. The van der Waals surface area contributed by atoms with E-state index in [1.165, 1.54) is 26.1 Å². The fourth-order valence-electron chi connectivity index (χ4n) is 2.88. The highest BCUT2D eigenvalue weighted by molar-refractivity contribution is 7.89. The largest absolute Gasteiger partial charge is 0.369 e. The van der Waals surface area contributed by atoms with Crippen LogP contribution in [0.25, 0.3) is 0 Å². The number of nitrogens with one attached hydrogen (secondary N) is 1. The summed E-state index contributed by atoms with van der Waals surface area (Å²) in [6.07, 6.45) is 1.11. The number of hydrogen-bond donors (Lipinski definition) is 2. The van der Waals surface area contributed by atoms with Crippen LogP contribution in [0.5, 0.6) is 0 Å². The van der Waals surface area contributed by atoms with Crippen LogP contribution in [0, 0.1) is 11.6 Å². The lowest BCUT2D eigenvalue weighted by molar-refractivity contribution is 0.101. The first-order chi connectivity index (χ1) is 13.4. The number of sulfonamides is 1. The predicted molar refractivity (Wildman–Crippen MR) is 104 cm³/mol. The van der Waals surface area contributed by atoms with Gasteiger partial charge in [-0.2, -0.15) is 0 Å². The van der Waals surface area contributed by atoms with Crippen LogP contribution in [-0.4, -0.2) is 42.4 Å². The molecule has 1 amide bonds. The molecule has 0 unspecified atom stereocenters. The number of carbonyl (C=O) groups is 1.